The lowest BCUT2D eigenvalue weighted by atomic mass is 10.2. The third kappa shape index (κ3) is 0.939. The number of nitrogens with zero attached hydrogens (tertiary/aromatic N) is 2. The lowest BCUT2D eigenvalue weighted by Crippen LogP contribution is -1.79. The molecule has 0 aliphatic rings. The van der Waals surface area contributed by atoms with Crippen LogP contribution < -0.4 is 0 Å². The van der Waals surface area contributed by atoms with E-state index in [0.29, 0.717) is 0 Å². The van der Waals surface area contributed by atoms with Gasteiger partial charge in [0, 0.05) is 12.4 Å². The summed E-state index contributed by atoms with van der Waals surface area (Å²) < 4.78 is 5.16. The minimum absolute atomic E-state index is 0.731. The molecule has 2 aromatic heterocycles. The molecule has 3 rings (SSSR count). The van der Waals surface area contributed by atoms with E-state index in [-0.39, 0.29) is 0 Å². The van der Waals surface area contributed by atoms with Crippen LogP contribution >= 0.6 is 0 Å². The lowest BCUT2D eigenvalue weighted by Gasteiger charge is -1.88. The number of hydrogen-bond donors (Lipinski definition) is 1. The number of aromatic amines is 1. The fraction of sp³-hybridized carbons (Fsp3) is 0. The van der Waals surface area contributed by atoms with E-state index in [4.69, 9.17) is 4.52 Å². The average molecular weight is 185 g/mol. The predicted octanol–water partition coefficient (Wildman–Crippen LogP) is 2.22. The monoisotopic (exact) mass is 185 g/mol. The van der Waals surface area contributed by atoms with E-state index in [0.717, 1.165) is 22.5 Å². The van der Waals surface area contributed by atoms with Crippen LogP contribution in [0.5, 0.6) is 0 Å². The van der Waals surface area contributed by atoms with Gasteiger partial charge >= 0.3 is 0 Å². The Morgan fingerprint density at radius 3 is 3.00 bits per heavy atom. The third-order valence-corrected chi connectivity index (χ3v) is 2.10. The number of fused-ring (bicyclic) bond motifs is 1. The molecule has 0 spiro atoms. The largest absolute Gasteiger partial charge is 0.356 e. The summed E-state index contributed by atoms with van der Waals surface area (Å²) >= 11 is 0. The van der Waals surface area contributed by atoms with Gasteiger partial charge in [0.2, 0.25) is 0 Å². The standard InChI is InChI=1S/C10H7N3O/c1-2-4-8-7(3-1)9(13-14-8)10-11-5-6-12-10/h1-6H,(H,11,12). The zero-order valence-corrected chi connectivity index (χ0v) is 7.27. The van der Waals surface area contributed by atoms with Crippen molar-refractivity contribution in [2.45, 2.75) is 0 Å². The van der Waals surface area contributed by atoms with Crippen molar-refractivity contribution in [3.05, 3.63) is 36.7 Å². The molecule has 0 atom stereocenters. The van der Waals surface area contributed by atoms with Crippen molar-refractivity contribution in [2.24, 2.45) is 0 Å². The smallest absolute Gasteiger partial charge is 0.167 e. The number of hydrogen-bond acceptors (Lipinski definition) is 3. The highest BCUT2D eigenvalue weighted by atomic mass is 16.5. The first-order chi connectivity index (χ1) is 6.95. The van der Waals surface area contributed by atoms with Gasteiger partial charge in [0.1, 0.15) is 0 Å². The molecule has 2 heterocycles. The summed E-state index contributed by atoms with van der Waals surface area (Å²) in [6.45, 7) is 0. The van der Waals surface area contributed by atoms with Crippen LogP contribution in [0.15, 0.2) is 41.2 Å². The molecular weight excluding hydrogens is 178 g/mol. The van der Waals surface area contributed by atoms with Crippen LogP contribution in [0.25, 0.3) is 22.5 Å². The first-order valence-electron chi connectivity index (χ1n) is 4.29. The quantitative estimate of drug-likeness (QED) is 0.632. The fourth-order valence-corrected chi connectivity index (χ4v) is 1.45. The lowest BCUT2D eigenvalue weighted by molar-refractivity contribution is 0.459. The maximum absolute atomic E-state index is 5.16. The maximum atomic E-state index is 5.16. The minimum Gasteiger partial charge on any atom is -0.356 e. The molecule has 4 nitrogen and oxygen atoms in total. The number of imidazole rings is 1. The fourth-order valence-electron chi connectivity index (χ4n) is 1.45. The highest BCUT2D eigenvalue weighted by molar-refractivity contribution is 5.89. The molecule has 0 saturated heterocycles. The van der Waals surface area contributed by atoms with Crippen molar-refractivity contribution < 1.29 is 4.52 Å². The zero-order chi connectivity index (χ0) is 9.38. The molecule has 0 aliphatic carbocycles. The number of para-hydroxylation sites is 1. The summed E-state index contributed by atoms with van der Waals surface area (Å²) in [7, 11) is 0. The van der Waals surface area contributed by atoms with Crippen molar-refractivity contribution in [3.8, 4) is 11.5 Å². The van der Waals surface area contributed by atoms with Gasteiger partial charge in [-0.1, -0.05) is 17.3 Å². The van der Waals surface area contributed by atoms with Gasteiger partial charge in [-0.15, -0.1) is 0 Å². The van der Waals surface area contributed by atoms with Crippen molar-refractivity contribution in [1.82, 2.24) is 15.1 Å². The Morgan fingerprint density at radius 1 is 1.21 bits per heavy atom. The number of rotatable bonds is 1. The van der Waals surface area contributed by atoms with Crippen molar-refractivity contribution in [1.29, 1.82) is 0 Å². The molecule has 0 saturated carbocycles. The molecule has 0 amide bonds. The van der Waals surface area contributed by atoms with Gasteiger partial charge < -0.3 is 9.51 Å². The number of benzene rings is 1. The predicted molar refractivity (Wildman–Crippen MR) is 51.6 cm³/mol. The van der Waals surface area contributed by atoms with E-state index in [9.17, 15) is 0 Å². The molecule has 1 aromatic carbocycles. The average Bonchev–Trinajstić information content (AvgIpc) is 2.85. The number of nitrogens with one attached hydrogen (secondary N) is 1. The zero-order valence-electron chi connectivity index (χ0n) is 7.27. The van der Waals surface area contributed by atoms with Crippen LogP contribution in [0.3, 0.4) is 0 Å². The Balaban J connectivity index is 2.33. The van der Waals surface area contributed by atoms with Gasteiger partial charge in [-0.25, -0.2) is 4.98 Å². The van der Waals surface area contributed by atoms with Crippen molar-refractivity contribution in [3.63, 3.8) is 0 Å². The summed E-state index contributed by atoms with van der Waals surface area (Å²) in [5, 5.41) is 4.94. The molecule has 3 aromatic rings. The second-order valence-electron chi connectivity index (χ2n) is 2.97. The van der Waals surface area contributed by atoms with Crippen molar-refractivity contribution >= 4 is 11.0 Å². The summed E-state index contributed by atoms with van der Waals surface area (Å²) in [5.74, 6) is 0.731. The van der Waals surface area contributed by atoms with E-state index >= 15 is 0 Å². The minimum atomic E-state index is 0.731. The molecule has 0 bridgehead atoms. The van der Waals surface area contributed by atoms with Gasteiger partial charge in [-0.3, -0.25) is 0 Å². The Bertz CT molecular complexity index is 554. The first kappa shape index (κ1) is 7.32. The van der Waals surface area contributed by atoms with Gasteiger partial charge in [0.25, 0.3) is 0 Å². The van der Waals surface area contributed by atoms with E-state index < -0.39 is 0 Å². The second kappa shape index (κ2) is 2.70. The van der Waals surface area contributed by atoms with E-state index in [1.54, 1.807) is 12.4 Å². The topological polar surface area (TPSA) is 54.7 Å². The normalized spacial score (nSPS) is 10.9. The van der Waals surface area contributed by atoms with Crippen LogP contribution in [-0.4, -0.2) is 15.1 Å². The summed E-state index contributed by atoms with van der Waals surface area (Å²) in [6.07, 6.45) is 3.46. The van der Waals surface area contributed by atoms with Gasteiger partial charge in [-0.05, 0) is 12.1 Å². The molecule has 14 heavy (non-hydrogen) atoms. The SMILES string of the molecule is c1ccc2c(-c3ncc[nH]3)noc2c1. The second-order valence-corrected chi connectivity index (χ2v) is 2.97. The molecular formula is C10H7N3O. The Labute approximate surface area is 79.6 Å². The summed E-state index contributed by atoms with van der Waals surface area (Å²) in [6, 6.07) is 7.71. The van der Waals surface area contributed by atoms with Crippen LogP contribution in [0.1, 0.15) is 0 Å². The molecule has 68 valence electrons. The Hall–Kier alpha value is -2.10. The Morgan fingerprint density at radius 2 is 2.14 bits per heavy atom. The molecule has 0 unspecified atom stereocenters. The summed E-state index contributed by atoms with van der Waals surface area (Å²) in [5.41, 5.74) is 1.53. The third-order valence-electron chi connectivity index (χ3n) is 2.10. The highest BCUT2D eigenvalue weighted by Gasteiger charge is 2.10. The highest BCUT2D eigenvalue weighted by Crippen LogP contribution is 2.24. The number of aromatic nitrogens is 3. The van der Waals surface area contributed by atoms with Gasteiger partial charge in [-0.2, -0.15) is 0 Å². The number of H-pyrrole nitrogens is 1. The maximum Gasteiger partial charge on any atom is 0.167 e. The molecule has 0 fully saturated rings. The summed E-state index contributed by atoms with van der Waals surface area (Å²) in [4.78, 5) is 7.13. The van der Waals surface area contributed by atoms with Gasteiger partial charge in [0.05, 0.1) is 5.39 Å². The van der Waals surface area contributed by atoms with Crippen LogP contribution in [0.2, 0.25) is 0 Å². The first-order valence-corrected chi connectivity index (χ1v) is 4.29. The van der Waals surface area contributed by atoms with Crippen LogP contribution in [-0.2, 0) is 0 Å². The molecule has 0 aliphatic heterocycles. The van der Waals surface area contributed by atoms with E-state index in [1.807, 2.05) is 24.3 Å². The molecule has 0 radical (unpaired) electrons. The Kier molecular flexibility index (Phi) is 1.41. The van der Waals surface area contributed by atoms with Gasteiger partial charge in [0.15, 0.2) is 17.1 Å². The van der Waals surface area contributed by atoms with E-state index in [1.165, 1.54) is 0 Å². The van der Waals surface area contributed by atoms with Crippen LogP contribution in [0.4, 0.5) is 0 Å². The van der Waals surface area contributed by atoms with Crippen LogP contribution in [0, 0.1) is 0 Å². The van der Waals surface area contributed by atoms with Crippen molar-refractivity contribution in [2.75, 3.05) is 0 Å². The molecule has 4 heteroatoms. The molecule has 1 N–H and O–H groups in total. The van der Waals surface area contributed by atoms with E-state index in [2.05, 4.69) is 15.1 Å².